The number of aliphatic hydroxyl groups excluding tert-OH is 2. The fraction of sp³-hybridized carbons (Fsp3) is 0.926. The Hall–Kier alpha value is -0.380. The third-order valence-electron chi connectivity index (χ3n) is 10.4. The number of hydrogen-bond donors (Lipinski definition) is 3. The first-order valence-electron chi connectivity index (χ1n) is 12.8. The SMILES string of the molecule is CC(C)CCCC(O)(CO)C1CCC2C3CC=C4CC(O)CCC4(C)C3CCC21C. The topological polar surface area (TPSA) is 60.7 Å². The van der Waals surface area contributed by atoms with Gasteiger partial charge in [0.2, 0.25) is 0 Å². The number of fused-ring (bicyclic) bond motifs is 5. The molecule has 172 valence electrons. The molecule has 4 rings (SSSR count). The number of rotatable bonds is 6. The van der Waals surface area contributed by atoms with Gasteiger partial charge in [0.15, 0.2) is 0 Å². The van der Waals surface area contributed by atoms with Crippen LogP contribution in [-0.4, -0.2) is 33.6 Å². The second kappa shape index (κ2) is 8.19. The van der Waals surface area contributed by atoms with E-state index in [-0.39, 0.29) is 29.5 Å². The first-order chi connectivity index (χ1) is 14.1. The van der Waals surface area contributed by atoms with Gasteiger partial charge in [-0.1, -0.05) is 52.2 Å². The molecule has 0 heterocycles. The zero-order valence-corrected chi connectivity index (χ0v) is 19.9. The van der Waals surface area contributed by atoms with Gasteiger partial charge < -0.3 is 15.3 Å². The summed E-state index contributed by atoms with van der Waals surface area (Å²) in [6, 6.07) is 0. The van der Waals surface area contributed by atoms with Gasteiger partial charge in [-0.3, -0.25) is 0 Å². The van der Waals surface area contributed by atoms with Crippen molar-refractivity contribution in [1.82, 2.24) is 0 Å². The quantitative estimate of drug-likeness (QED) is 0.501. The van der Waals surface area contributed by atoms with Crippen LogP contribution in [-0.2, 0) is 0 Å². The van der Waals surface area contributed by atoms with Gasteiger partial charge in [-0.15, -0.1) is 0 Å². The van der Waals surface area contributed by atoms with Crippen LogP contribution in [0.3, 0.4) is 0 Å². The number of hydrogen-bond acceptors (Lipinski definition) is 3. The molecule has 3 N–H and O–H groups in total. The Balaban J connectivity index is 1.55. The Bertz CT molecular complexity index is 656. The minimum atomic E-state index is -0.917. The van der Waals surface area contributed by atoms with Gasteiger partial charge in [-0.05, 0) is 98.2 Å². The summed E-state index contributed by atoms with van der Waals surface area (Å²) in [6.07, 6.45) is 14.0. The average Bonchev–Trinajstić information content (AvgIpc) is 3.06. The van der Waals surface area contributed by atoms with Gasteiger partial charge in [0.25, 0.3) is 0 Å². The van der Waals surface area contributed by atoms with E-state index in [1.165, 1.54) is 24.8 Å². The summed E-state index contributed by atoms with van der Waals surface area (Å²) in [4.78, 5) is 0. The predicted octanol–water partition coefficient (Wildman–Crippen LogP) is 5.48. The molecule has 0 aromatic carbocycles. The normalized spacial score (nSPS) is 45.3. The molecule has 3 nitrogen and oxygen atoms in total. The van der Waals surface area contributed by atoms with Gasteiger partial charge in [0.1, 0.15) is 0 Å². The first-order valence-corrected chi connectivity index (χ1v) is 12.8. The van der Waals surface area contributed by atoms with Crippen LogP contribution in [0.5, 0.6) is 0 Å². The largest absolute Gasteiger partial charge is 0.393 e. The molecule has 4 aliphatic carbocycles. The fourth-order valence-corrected chi connectivity index (χ4v) is 8.70. The molecule has 0 radical (unpaired) electrons. The lowest BCUT2D eigenvalue weighted by Crippen LogP contribution is -2.54. The summed E-state index contributed by atoms with van der Waals surface area (Å²) < 4.78 is 0. The molecule has 8 atom stereocenters. The zero-order chi connectivity index (χ0) is 21.7. The van der Waals surface area contributed by atoms with Crippen molar-refractivity contribution in [2.45, 2.75) is 110 Å². The van der Waals surface area contributed by atoms with Crippen LogP contribution in [0.1, 0.15) is 98.3 Å². The maximum atomic E-state index is 11.6. The lowest BCUT2D eigenvalue weighted by Gasteiger charge is -2.59. The third kappa shape index (κ3) is 3.61. The maximum Gasteiger partial charge on any atom is 0.0910 e. The molecular weight excluding hydrogens is 372 g/mol. The minimum Gasteiger partial charge on any atom is -0.393 e. The van der Waals surface area contributed by atoms with Crippen LogP contribution < -0.4 is 0 Å². The average molecular weight is 419 g/mol. The fourth-order valence-electron chi connectivity index (χ4n) is 8.70. The second-order valence-corrected chi connectivity index (χ2v) is 12.4. The van der Waals surface area contributed by atoms with Crippen molar-refractivity contribution in [3.63, 3.8) is 0 Å². The summed E-state index contributed by atoms with van der Waals surface area (Å²) in [7, 11) is 0. The molecule has 0 bridgehead atoms. The molecule has 30 heavy (non-hydrogen) atoms. The Kier molecular flexibility index (Phi) is 6.23. The Morgan fingerprint density at radius 1 is 1.10 bits per heavy atom. The number of aliphatic hydroxyl groups is 3. The van der Waals surface area contributed by atoms with Crippen molar-refractivity contribution >= 4 is 0 Å². The molecule has 4 aliphatic rings. The van der Waals surface area contributed by atoms with E-state index in [1.54, 1.807) is 0 Å². The molecule has 8 unspecified atom stereocenters. The molecule has 0 amide bonds. The lowest BCUT2D eigenvalue weighted by molar-refractivity contribution is -0.132. The van der Waals surface area contributed by atoms with E-state index in [9.17, 15) is 15.3 Å². The highest BCUT2D eigenvalue weighted by molar-refractivity contribution is 5.25. The second-order valence-electron chi connectivity index (χ2n) is 12.4. The molecule has 0 aromatic rings. The Morgan fingerprint density at radius 3 is 2.57 bits per heavy atom. The van der Waals surface area contributed by atoms with Gasteiger partial charge >= 0.3 is 0 Å². The summed E-state index contributed by atoms with van der Waals surface area (Å²) in [6.45, 7) is 9.31. The molecule has 3 fully saturated rings. The van der Waals surface area contributed by atoms with E-state index in [0.29, 0.717) is 17.8 Å². The van der Waals surface area contributed by atoms with E-state index in [1.807, 2.05) is 0 Å². The molecular formula is C27H46O3. The minimum absolute atomic E-state index is 0.0914. The Morgan fingerprint density at radius 2 is 1.87 bits per heavy atom. The van der Waals surface area contributed by atoms with Crippen LogP contribution in [0.4, 0.5) is 0 Å². The van der Waals surface area contributed by atoms with Gasteiger partial charge in [-0.2, -0.15) is 0 Å². The lowest BCUT2D eigenvalue weighted by atomic mass is 9.46. The van der Waals surface area contributed by atoms with Crippen molar-refractivity contribution in [2.24, 2.45) is 40.4 Å². The standard InChI is InChI=1S/C27H46O3/c1-18(2)6-5-13-27(30,17-28)24-10-9-22-21-8-7-19-16-20(29)11-14-25(19,3)23(21)12-15-26(22,24)4/h7,18,20-24,28-30H,5-6,8-17H2,1-4H3. The monoisotopic (exact) mass is 418 g/mol. The summed E-state index contributed by atoms with van der Waals surface area (Å²) in [5.41, 5.74) is 1.03. The van der Waals surface area contributed by atoms with Crippen molar-refractivity contribution in [3.8, 4) is 0 Å². The smallest absolute Gasteiger partial charge is 0.0910 e. The van der Waals surface area contributed by atoms with Gasteiger partial charge in [0.05, 0.1) is 18.3 Å². The summed E-state index contributed by atoms with van der Waals surface area (Å²) in [5, 5.41) is 32.1. The van der Waals surface area contributed by atoms with Crippen molar-refractivity contribution in [1.29, 1.82) is 0 Å². The molecule has 0 saturated heterocycles. The van der Waals surface area contributed by atoms with E-state index in [0.717, 1.165) is 57.3 Å². The summed E-state index contributed by atoms with van der Waals surface area (Å²) in [5.74, 6) is 2.96. The van der Waals surface area contributed by atoms with Crippen molar-refractivity contribution < 1.29 is 15.3 Å². The Labute approximate surface area is 184 Å². The molecule has 3 saturated carbocycles. The maximum absolute atomic E-state index is 11.6. The van der Waals surface area contributed by atoms with E-state index < -0.39 is 5.60 Å². The third-order valence-corrected chi connectivity index (χ3v) is 10.4. The summed E-state index contributed by atoms with van der Waals surface area (Å²) >= 11 is 0. The van der Waals surface area contributed by atoms with Crippen LogP contribution >= 0.6 is 0 Å². The van der Waals surface area contributed by atoms with E-state index in [4.69, 9.17) is 0 Å². The first kappa shape index (κ1) is 22.8. The van der Waals surface area contributed by atoms with Crippen LogP contribution in [0.15, 0.2) is 11.6 Å². The molecule has 0 aliphatic heterocycles. The van der Waals surface area contributed by atoms with E-state index in [2.05, 4.69) is 33.8 Å². The molecule has 0 aromatic heterocycles. The number of allylic oxidation sites excluding steroid dienone is 1. The molecule has 3 heteroatoms. The van der Waals surface area contributed by atoms with Crippen molar-refractivity contribution in [3.05, 3.63) is 11.6 Å². The highest BCUT2D eigenvalue weighted by Crippen LogP contribution is 2.67. The van der Waals surface area contributed by atoms with Crippen molar-refractivity contribution in [2.75, 3.05) is 6.61 Å². The van der Waals surface area contributed by atoms with Gasteiger partial charge in [0, 0.05) is 0 Å². The molecule has 0 spiro atoms. The predicted molar refractivity (Wildman–Crippen MR) is 122 cm³/mol. The highest BCUT2D eigenvalue weighted by Gasteiger charge is 2.61. The zero-order valence-electron chi connectivity index (χ0n) is 19.9. The van der Waals surface area contributed by atoms with Crippen LogP contribution in [0, 0.1) is 40.4 Å². The van der Waals surface area contributed by atoms with E-state index >= 15 is 0 Å². The highest BCUT2D eigenvalue weighted by atomic mass is 16.3. The van der Waals surface area contributed by atoms with Crippen LogP contribution in [0.2, 0.25) is 0 Å². The van der Waals surface area contributed by atoms with Crippen LogP contribution in [0.25, 0.3) is 0 Å². The van der Waals surface area contributed by atoms with Gasteiger partial charge in [-0.25, -0.2) is 0 Å².